The van der Waals surface area contributed by atoms with Crippen LogP contribution in [-0.4, -0.2) is 9.91 Å². The summed E-state index contributed by atoms with van der Waals surface area (Å²) in [5, 5.41) is 13.9. The number of nitrogens with one attached hydrogen (secondary N) is 1. The standard InChI is InChI=1S/C14H15N3O2/c1-10-6-7-13(17(18)19)8-14(10)15-9-12-5-3-4-11(2)16-12/h3-8,15H,9H2,1-2H3. The minimum atomic E-state index is -0.393. The maximum absolute atomic E-state index is 10.7. The van der Waals surface area contributed by atoms with Gasteiger partial charge in [0.2, 0.25) is 0 Å². The van der Waals surface area contributed by atoms with Crippen LogP contribution in [0.5, 0.6) is 0 Å². The van der Waals surface area contributed by atoms with Crippen molar-refractivity contribution in [2.75, 3.05) is 5.32 Å². The number of nitro benzene ring substituents is 1. The highest BCUT2D eigenvalue weighted by Crippen LogP contribution is 2.22. The molecule has 0 radical (unpaired) electrons. The highest BCUT2D eigenvalue weighted by atomic mass is 16.6. The fraction of sp³-hybridized carbons (Fsp3) is 0.214. The minimum absolute atomic E-state index is 0.0882. The molecule has 0 aliphatic carbocycles. The van der Waals surface area contributed by atoms with Crippen LogP contribution in [0, 0.1) is 24.0 Å². The number of hydrogen-bond acceptors (Lipinski definition) is 4. The summed E-state index contributed by atoms with van der Waals surface area (Å²) >= 11 is 0. The Bertz CT molecular complexity index is 611. The van der Waals surface area contributed by atoms with Gasteiger partial charge in [-0.15, -0.1) is 0 Å². The molecule has 2 rings (SSSR count). The molecule has 1 aromatic heterocycles. The van der Waals surface area contributed by atoms with Gasteiger partial charge in [-0.25, -0.2) is 0 Å². The highest BCUT2D eigenvalue weighted by molar-refractivity contribution is 5.56. The first kappa shape index (κ1) is 13.0. The molecule has 1 N–H and O–H groups in total. The Balaban J connectivity index is 2.15. The smallest absolute Gasteiger partial charge is 0.271 e. The zero-order valence-corrected chi connectivity index (χ0v) is 10.9. The summed E-state index contributed by atoms with van der Waals surface area (Å²) in [7, 11) is 0. The van der Waals surface area contributed by atoms with Gasteiger partial charge in [-0.05, 0) is 31.5 Å². The van der Waals surface area contributed by atoms with Crippen LogP contribution in [-0.2, 0) is 6.54 Å². The van der Waals surface area contributed by atoms with E-state index in [1.165, 1.54) is 6.07 Å². The fourth-order valence-corrected chi connectivity index (χ4v) is 1.80. The first-order chi connectivity index (χ1) is 9.06. The van der Waals surface area contributed by atoms with Crippen molar-refractivity contribution in [2.24, 2.45) is 0 Å². The Morgan fingerprint density at radius 3 is 2.74 bits per heavy atom. The number of pyridine rings is 1. The van der Waals surface area contributed by atoms with Gasteiger partial charge in [-0.3, -0.25) is 15.1 Å². The number of hydrogen-bond donors (Lipinski definition) is 1. The molecule has 0 aliphatic rings. The summed E-state index contributed by atoms with van der Waals surface area (Å²) in [6.45, 7) is 4.39. The van der Waals surface area contributed by atoms with Gasteiger partial charge in [-0.1, -0.05) is 12.1 Å². The summed E-state index contributed by atoms with van der Waals surface area (Å²) < 4.78 is 0. The number of benzene rings is 1. The molecule has 5 nitrogen and oxygen atoms in total. The first-order valence-corrected chi connectivity index (χ1v) is 5.98. The van der Waals surface area contributed by atoms with Crippen molar-refractivity contribution < 1.29 is 4.92 Å². The molecule has 0 atom stereocenters. The third kappa shape index (κ3) is 3.28. The topological polar surface area (TPSA) is 68.1 Å². The van der Waals surface area contributed by atoms with Crippen LogP contribution in [0.15, 0.2) is 36.4 Å². The summed E-state index contributed by atoms with van der Waals surface area (Å²) in [6, 6.07) is 10.6. The minimum Gasteiger partial charge on any atom is -0.379 e. The molecule has 98 valence electrons. The van der Waals surface area contributed by atoms with Crippen molar-refractivity contribution >= 4 is 11.4 Å². The molecule has 0 amide bonds. The summed E-state index contributed by atoms with van der Waals surface area (Å²) in [4.78, 5) is 14.7. The first-order valence-electron chi connectivity index (χ1n) is 5.98. The number of nitrogens with zero attached hydrogens (tertiary/aromatic N) is 2. The number of nitro groups is 1. The van der Waals surface area contributed by atoms with E-state index in [0.29, 0.717) is 6.54 Å². The molecule has 1 heterocycles. The van der Waals surface area contributed by atoms with Crippen LogP contribution in [0.3, 0.4) is 0 Å². The Morgan fingerprint density at radius 2 is 2.05 bits per heavy atom. The van der Waals surface area contributed by atoms with Gasteiger partial charge in [-0.2, -0.15) is 0 Å². The molecule has 5 heteroatoms. The largest absolute Gasteiger partial charge is 0.379 e. The Kier molecular flexibility index (Phi) is 3.75. The van der Waals surface area contributed by atoms with Gasteiger partial charge < -0.3 is 5.32 Å². The lowest BCUT2D eigenvalue weighted by Gasteiger charge is -2.09. The van der Waals surface area contributed by atoms with Crippen molar-refractivity contribution in [3.63, 3.8) is 0 Å². The van der Waals surface area contributed by atoms with Gasteiger partial charge in [0.1, 0.15) is 0 Å². The predicted octanol–water partition coefficient (Wildman–Crippen LogP) is 3.22. The second kappa shape index (κ2) is 5.48. The van der Waals surface area contributed by atoms with E-state index in [1.54, 1.807) is 12.1 Å². The van der Waals surface area contributed by atoms with Gasteiger partial charge in [0.15, 0.2) is 0 Å². The maximum Gasteiger partial charge on any atom is 0.271 e. The van der Waals surface area contributed by atoms with Crippen molar-refractivity contribution in [3.05, 3.63) is 63.5 Å². The number of aryl methyl sites for hydroxylation is 2. The van der Waals surface area contributed by atoms with E-state index in [-0.39, 0.29) is 5.69 Å². The van der Waals surface area contributed by atoms with E-state index in [2.05, 4.69) is 10.3 Å². The quantitative estimate of drug-likeness (QED) is 0.674. The highest BCUT2D eigenvalue weighted by Gasteiger charge is 2.08. The molecule has 1 aromatic carbocycles. The molecular formula is C14H15N3O2. The van der Waals surface area contributed by atoms with Gasteiger partial charge in [0.25, 0.3) is 5.69 Å². The van der Waals surface area contributed by atoms with Gasteiger partial charge in [0, 0.05) is 23.5 Å². The van der Waals surface area contributed by atoms with Crippen LogP contribution in [0.25, 0.3) is 0 Å². The molecule has 0 aliphatic heterocycles. The van der Waals surface area contributed by atoms with Crippen molar-refractivity contribution in [1.29, 1.82) is 0 Å². The molecule has 0 fully saturated rings. The normalized spacial score (nSPS) is 10.2. The number of aromatic nitrogens is 1. The van der Waals surface area contributed by atoms with E-state index < -0.39 is 4.92 Å². The van der Waals surface area contributed by atoms with Gasteiger partial charge >= 0.3 is 0 Å². The lowest BCUT2D eigenvalue weighted by molar-refractivity contribution is -0.384. The molecule has 0 unspecified atom stereocenters. The summed E-state index contributed by atoms with van der Waals surface area (Å²) in [5.74, 6) is 0. The predicted molar refractivity (Wildman–Crippen MR) is 74.1 cm³/mol. The average Bonchev–Trinajstić information content (AvgIpc) is 2.37. The molecule has 19 heavy (non-hydrogen) atoms. The molecule has 2 aromatic rings. The zero-order valence-electron chi connectivity index (χ0n) is 10.9. The summed E-state index contributed by atoms with van der Waals surface area (Å²) in [6.07, 6.45) is 0. The monoisotopic (exact) mass is 257 g/mol. The van der Waals surface area contributed by atoms with E-state index in [0.717, 1.165) is 22.6 Å². The van der Waals surface area contributed by atoms with Crippen LogP contribution in [0.4, 0.5) is 11.4 Å². The molecular weight excluding hydrogens is 242 g/mol. The Labute approximate surface area is 111 Å². The van der Waals surface area contributed by atoms with E-state index in [4.69, 9.17) is 0 Å². The number of anilines is 1. The van der Waals surface area contributed by atoms with E-state index >= 15 is 0 Å². The zero-order chi connectivity index (χ0) is 13.8. The van der Waals surface area contributed by atoms with E-state index in [9.17, 15) is 10.1 Å². The third-order valence-electron chi connectivity index (χ3n) is 2.84. The van der Waals surface area contributed by atoms with Gasteiger partial charge in [0.05, 0.1) is 17.2 Å². The maximum atomic E-state index is 10.7. The lowest BCUT2D eigenvalue weighted by atomic mass is 10.2. The second-order valence-electron chi connectivity index (χ2n) is 4.38. The molecule has 0 saturated carbocycles. The Hall–Kier alpha value is -2.43. The second-order valence-corrected chi connectivity index (χ2v) is 4.38. The van der Waals surface area contributed by atoms with Crippen molar-refractivity contribution in [1.82, 2.24) is 4.98 Å². The average molecular weight is 257 g/mol. The third-order valence-corrected chi connectivity index (χ3v) is 2.84. The van der Waals surface area contributed by atoms with Crippen LogP contribution in [0.2, 0.25) is 0 Å². The van der Waals surface area contributed by atoms with Crippen LogP contribution in [0.1, 0.15) is 17.0 Å². The van der Waals surface area contributed by atoms with E-state index in [1.807, 2.05) is 32.0 Å². The van der Waals surface area contributed by atoms with Crippen LogP contribution >= 0.6 is 0 Å². The van der Waals surface area contributed by atoms with Crippen LogP contribution < -0.4 is 5.32 Å². The number of rotatable bonds is 4. The molecule has 0 spiro atoms. The molecule has 0 saturated heterocycles. The molecule has 0 bridgehead atoms. The lowest BCUT2D eigenvalue weighted by Crippen LogP contribution is -2.04. The number of non-ortho nitro benzene ring substituents is 1. The Morgan fingerprint density at radius 1 is 1.26 bits per heavy atom. The SMILES string of the molecule is Cc1cccc(CNc2cc([N+](=O)[O-])ccc2C)n1. The summed E-state index contributed by atoms with van der Waals surface area (Å²) in [5.41, 5.74) is 3.68. The van der Waals surface area contributed by atoms with Crippen molar-refractivity contribution in [2.45, 2.75) is 20.4 Å². The van der Waals surface area contributed by atoms with Crippen molar-refractivity contribution in [3.8, 4) is 0 Å². The fourth-order valence-electron chi connectivity index (χ4n) is 1.80.